The number of hydrogen-bond donors (Lipinski definition) is 0. The van der Waals surface area contributed by atoms with Crippen molar-refractivity contribution < 1.29 is 9.18 Å². The molecule has 0 saturated carbocycles. The maximum Gasteiger partial charge on any atom is 0.274 e. The molecule has 25 heavy (non-hydrogen) atoms. The Kier molecular flexibility index (Phi) is 5.26. The maximum absolute atomic E-state index is 13.2. The first-order chi connectivity index (χ1) is 12.1. The minimum atomic E-state index is -0.288. The van der Waals surface area contributed by atoms with Crippen molar-refractivity contribution in [1.29, 1.82) is 0 Å². The van der Waals surface area contributed by atoms with E-state index in [2.05, 4.69) is 5.10 Å². The van der Waals surface area contributed by atoms with Gasteiger partial charge in [-0.3, -0.25) is 9.59 Å². The van der Waals surface area contributed by atoms with Gasteiger partial charge in [0, 0.05) is 19.2 Å². The fourth-order valence-corrected chi connectivity index (χ4v) is 3.22. The average Bonchev–Trinajstić information content (AvgIpc) is 3.11. The lowest BCUT2D eigenvalue weighted by Crippen LogP contribution is -2.33. The minimum Gasteiger partial charge on any atom is -0.330 e. The fourth-order valence-electron chi connectivity index (χ4n) is 3.22. The van der Waals surface area contributed by atoms with E-state index in [0.29, 0.717) is 13.1 Å². The molecular formula is C19H22FN3O2. The molecule has 1 aromatic heterocycles. The number of rotatable bonds is 5. The summed E-state index contributed by atoms with van der Waals surface area (Å²) in [4.78, 5) is 26.6. The summed E-state index contributed by atoms with van der Waals surface area (Å²) < 4.78 is 14.5. The number of carbonyl (C=O) groups excluding carboxylic acids is 1. The van der Waals surface area contributed by atoms with Gasteiger partial charge in [0.05, 0.1) is 6.04 Å². The Bertz CT molecular complexity index is 801. The van der Waals surface area contributed by atoms with E-state index in [1.54, 1.807) is 17.0 Å². The van der Waals surface area contributed by atoms with Crippen LogP contribution in [0.15, 0.2) is 41.2 Å². The molecule has 1 aliphatic heterocycles. The van der Waals surface area contributed by atoms with Gasteiger partial charge in [-0.1, -0.05) is 25.5 Å². The number of halogens is 1. The molecule has 1 amide bonds. The topological polar surface area (TPSA) is 55.2 Å². The number of aryl methyl sites for hydroxylation is 1. The highest BCUT2D eigenvalue weighted by Gasteiger charge is 2.31. The van der Waals surface area contributed by atoms with E-state index >= 15 is 0 Å². The van der Waals surface area contributed by atoms with Crippen LogP contribution in [0.3, 0.4) is 0 Å². The van der Waals surface area contributed by atoms with Gasteiger partial charge in [0.1, 0.15) is 11.5 Å². The number of amides is 1. The third-order valence-electron chi connectivity index (χ3n) is 4.58. The first kappa shape index (κ1) is 17.3. The van der Waals surface area contributed by atoms with Crippen molar-refractivity contribution in [3.05, 3.63) is 63.8 Å². The van der Waals surface area contributed by atoms with Gasteiger partial charge in [-0.15, -0.1) is 0 Å². The molecule has 0 N–H and O–H groups in total. The number of hydrogen-bond acceptors (Lipinski definition) is 3. The van der Waals surface area contributed by atoms with Crippen LogP contribution in [0, 0.1) is 5.82 Å². The first-order valence-electron chi connectivity index (χ1n) is 8.74. The highest BCUT2D eigenvalue weighted by atomic mass is 19.1. The van der Waals surface area contributed by atoms with E-state index < -0.39 is 0 Å². The SMILES string of the molecule is CCCCn1nc(C(=O)N2CCCC2c2ccc(F)cc2)ccc1=O. The van der Waals surface area contributed by atoms with Crippen LogP contribution >= 0.6 is 0 Å². The van der Waals surface area contributed by atoms with Crippen LogP contribution in [0.5, 0.6) is 0 Å². The number of unbranched alkanes of at least 4 members (excludes halogenated alkanes) is 1. The molecule has 1 aromatic carbocycles. The Morgan fingerprint density at radius 2 is 2.00 bits per heavy atom. The standard InChI is InChI=1S/C19H22FN3O2/c1-2-3-13-23-18(24)11-10-16(21-23)19(25)22-12-4-5-17(22)14-6-8-15(20)9-7-14/h6-11,17H,2-5,12-13H2,1H3. The van der Waals surface area contributed by atoms with Crippen LogP contribution in [-0.4, -0.2) is 27.1 Å². The van der Waals surface area contributed by atoms with Gasteiger partial charge >= 0.3 is 0 Å². The number of aromatic nitrogens is 2. The largest absolute Gasteiger partial charge is 0.330 e. The first-order valence-corrected chi connectivity index (χ1v) is 8.74. The fraction of sp³-hybridized carbons (Fsp3) is 0.421. The van der Waals surface area contributed by atoms with Gasteiger partial charge in [0.2, 0.25) is 0 Å². The van der Waals surface area contributed by atoms with Crippen molar-refractivity contribution in [3.63, 3.8) is 0 Å². The summed E-state index contributed by atoms with van der Waals surface area (Å²) >= 11 is 0. The minimum absolute atomic E-state index is 0.0779. The average molecular weight is 343 g/mol. The Hall–Kier alpha value is -2.50. The summed E-state index contributed by atoms with van der Waals surface area (Å²) in [7, 11) is 0. The van der Waals surface area contributed by atoms with Gasteiger partial charge in [0.15, 0.2) is 0 Å². The molecule has 1 aliphatic rings. The Balaban J connectivity index is 1.84. The van der Waals surface area contributed by atoms with Crippen molar-refractivity contribution >= 4 is 5.91 Å². The Labute approximate surface area is 146 Å². The molecule has 0 radical (unpaired) electrons. The Morgan fingerprint density at radius 3 is 2.72 bits per heavy atom. The molecule has 1 atom stereocenters. The zero-order chi connectivity index (χ0) is 17.8. The zero-order valence-electron chi connectivity index (χ0n) is 14.3. The molecule has 1 unspecified atom stereocenters. The number of carbonyl (C=O) groups is 1. The molecule has 132 valence electrons. The van der Waals surface area contributed by atoms with Crippen LogP contribution in [0.25, 0.3) is 0 Å². The number of benzene rings is 1. The maximum atomic E-state index is 13.2. The van der Waals surface area contributed by atoms with Crippen molar-refractivity contribution in [2.24, 2.45) is 0 Å². The number of nitrogens with zero attached hydrogens (tertiary/aromatic N) is 3. The van der Waals surface area contributed by atoms with Crippen molar-refractivity contribution in [2.75, 3.05) is 6.54 Å². The van der Waals surface area contributed by atoms with E-state index in [-0.39, 0.29) is 29.0 Å². The number of likely N-dealkylation sites (tertiary alicyclic amines) is 1. The zero-order valence-corrected chi connectivity index (χ0v) is 14.3. The molecule has 2 aromatic rings. The summed E-state index contributed by atoms with van der Waals surface area (Å²) in [6, 6.07) is 9.10. The second-order valence-corrected chi connectivity index (χ2v) is 6.34. The monoisotopic (exact) mass is 343 g/mol. The second kappa shape index (κ2) is 7.59. The van der Waals surface area contributed by atoms with Crippen LogP contribution in [0.4, 0.5) is 4.39 Å². The second-order valence-electron chi connectivity index (χ2n) is 6.34. The van der Waals surface area contributed by atoms with E-state index in [9.17, 15) is 14.0 Å². The summed E-state index contributed by atoms with van der Waals surface area (Å²) in [6.07, 6.45) is 3.52. The van der Waals surface area contributed by atoms with E-state index in [0.717, 1.165) is 31.2 Å². The van der Waals surface area contributed by atoms with E-state index in [1.807, 2.05) is 6.92 Å². The highest BCUT2D eigenvalue weighted by molar-refractivity contribution is 5.92. The lowest BCUT2D eigenvalue weighted by molar-refractivity contribution is 0.0726. The van der Waals surface area contributed by atoms with Gasteiger partial charge < -0.3 is 4.90 Å². The molecule has 1 fully saturated rings. The molecule has 1 saturated heterocycles. The summed E-state index contributed by atoms with van der Waals surface area (Å²) in [5.74, 6) is -0.471. The predicted octanol–water partition coefficient (Wildman–Crippen LogP) is 3.16. The van der Waals surface area contributed by atoms with Gasteiger partial charge in [0.25, 0.3) is 11.5 Å². The van der Waals surface area contributed by atoms with Crippen LogP contribution in [-0.2, 0) is 6.54 Å². The quantitative estimate of drug-likeness (QED) is 0.838. The van der Waals surface area contributed by atoms with E-state index in [1.165, 1.54) is 28.9 Å². The molecule has 5 nitrogen and oxygen atoms in total. The van der Waals surface area contributed by atoms with Gasteiger partial charge in [-0.25, -0.2) is 9.07 Å². The molecule has 3 rings (SSSR count). The molecule has 0 aliphatic carbocycles. The third-order valence-corrected chi connectivity index (χ3v) is 4.58. The summed E-state index contributed by atoms with van der Waals surface area (Å²) in [5.41, 5.74) is 1.01. The van der Waals surface area contributed by atoms with Crippen molar-refractivity contribution in [2.45, 2.75) is 45.2 Å². The van der Waals surface area contributed by atoms with Crippen LogP contribution < -0.4 is 5.56 Å². The van der Waals surface area contributed by atoms with Crippen LogP contribution in [0.1, 0.15) is 54.7 Å². The summed E-state index contributed by atoms with van der Waals surface area (Å²) in [6.45, 7) is 3.19. The molecule has 0 spiro atoms. The van der Waals surface area contributed by atoms with E-state index in [4.69, 9.17) is 0 Å². The predicted molar refractivity (Wildman–Crippen MR) is 92.8 cm³/mol. The lowest BCUT2D eigenvalue weighted by Gasteiger charge is -2.25. The van der Waals surface area contributed by atoms with Gasteiger partial charge in [-0.05, 0) is 43.0 Å². The van der Waals surface area contributed by atoms with Crippen molar-refractivity contribution in [3.8, 4) is 0 Å². The lowest BCUT2D eigenvalue weighted by atomic mass is 10.0. The van der Waals surface area contributed by atoms with Crippen LogP contribution in [0.2, 0.25) is 0 Å². The highest BCUT2D eigenvalue weighted by Crippen LogP contribution is 2.32. The van der Waals surface area contributed by atoms with Crippen molar-refractivity contribution in [1.82, 2.24) is 14.7 Å². The smallest absolute Gasteiger partial charge is 0.274 e. The molecule has 6 heteroatoms. The third kappa shape index (κ3) is 3.78. The van der Waals surface area contributed by atoms with Gasteiger partial charge in [-0.2, -0.15) is 5.10 Å². The molecule has 0 bridgehead atoms. The summed E-state index contributed by atoms with van der Waals surface area (Å²) in [5, 5.41) is 4.25. The molecular weight excluding hydrogens is 321 g/mol. The molecule has 2 heterocycles. The normalized spacial score (nSPS) is 17.0. The Morgan fingerprint density at radius 1 is 1.24 bits per heavy atom.